The number of amidine groups is 2. The number of aldehydes is 1. The van der Waals surface area contributed by atoms with Gasteiger partial charge in [-0.2, -0.15) is 11.8 Å². The molecule has 1 aliphatic heterocycles. The number of nitrogens with one attached hydrogen (secondary N) is 3. The first-order valence-electron chi connectivity index (χ1n) is 14.8. The van der Waals surface area contributed by atoms with Crippen LogP contribution in [0.1, 0.15) is 67.1 Å². The zero-order valence-corrected chi connectivity index (χ0v) is 26.3. The van der Waals surface area contributed by atoms with Crippen molar-refractivity contribution in [3.05, 3.63) is 94.7 Å². The predicted molar refractivity (Wildman–Crippen MR) is 176 cm³/mol. The Balaban J connectivity index is 1.63. The number of aromatic nitrogens is 1. The van der Waals surface area contributed by atoms with Crippen molar-refractivity contribution in [2.24, 2.45) is 10.4 Å². The number of halogens is 2. The van der Waals surface area contributed by atoms with Gasteiger partial charge in [-0.05, 0) is 79.0 Å². The van der Waals surface area contributed by atoms with E-state index in [4.69, 9.17) is 4.74 Å². The highest BCUT2D eigenvalue weighted by Gasteiger charge is 2.34. The van der Waals surface area contributed by atoms with Gasteiger partial charge in [0.1, 0.15) is 29.5 Å². The van der Waals surface area contributed by atoms with Crippen molar-refractivity contribution < 1.29 is 18.3 Å². The molecule has 3 N–H and O–H groups in total. The molecule has 1 aromatic heterocycles. The molecule has 44 heavy (non-hydrogen) atoms. The van der Waals surface area contributed by atoms with Crippen molar-refractivity contribution in [3.8, 4) is 11.5 Å². The molecule has 0 aliphatic carbocycles. The molecule has 3 aromatic carbocycles. The lowest BCUT2D eigenvalue weighted by molar-refractivity contribution is 0.112. The third kappa shape index (κ3) is 6.58. The summed E-state index contributed by atoms with van der Waals surface area (Å²) in [6.45, 7) is 6.43. The number of H-pyrrole nitrogens is 1. The molecule has 4 aromatic rings. The van der Waals surface area contributed by atoms with E-state index in [1.165, 1.54) is 24.3 Å². The van der Waals surface area contributed by atoms with E-state index in [2.05, 4.69) is 29.1 Å². The van der Waals surface area contributed by atoms with Crippen LogP contribution in [0.15, 0.2) is 65.8 Å². The smallest absolute Gasteiger partial charge is 0.168 e. The first-order chi connectivity index (χ1) is 21.0. The number of thioether (sulfide) groups is 1. The standard InChI is InChI=1S/C35H38F2N4O2S/c1-34(2)13-6-14-35(3,23-8-5-7-22(17-23)20-42)33(38)41-32(39-4)27-18-24(9-10-28(27)36)43-31-26(12-16-44-21-34)25-11-15-40-30(25)19-29(31)37/h5,7-11,15,17-20,40H,6,12-14,16,21H2,1-4H3,(H2,38,39,41). The molecule has 2 bridgehead atoms. The highest BCUT2D eigenvalue weighted by molar-refractivity contribution is 7.99. The van der Waals surface area contributed by atoms with Gasteiger partial charge < -0.3 is 15.0 Å². The number of rotatable bonds is 2. The fraction of sp³-hybridized carbons (Fsp3) is 0.343. The minimum absolute atomic E-state index is 0.00843. The van der Waals surface area contributed by atoms with Gasteiger partial charge in [0.05, 0.1) is 11.0 Å². The van der Waals surface area contributed by atoms with E-state index in [1.807, 2.05) is 36.9 Å². The van der Waals surface area contributed by atoms with Crippen LogP contribution in [-0.2, 0) is 11.8 Å². The lowest BCUT2D eigenvalue weighted by Gasteiger charge is -2.32. The van der Waals surface area contributed by atoms with E-state index in [0.29, 0.717) is 23.9 Å². The summed E-state index contributed by atoms with van der Waals surface area (Å²) in [5.41, 5.74) is 2.04. The number of aliphatic imine (C=N–C) groups is 1. The maximum atomic E-state index is 15.5. The van der Waals surface area contributed by atoms with Crippen LogP contribution < -0.4 is 10.1 Å². The van der Waals surface area contributed by atoms with E-state index >= 15 is 8.78 Å². The average molecular weight is 617 g/mol. The molecule has 0 radical (unpaired) electrons. The third-order valence-electron chi connectivity index (χ3n) is 8.44. The SMILES string of the molecule is CN/C1=N\C(=N)C(C)(c2cccc(C=O)c2)CCCC(C)(C)CSCCc2c(c(F)cc3[nH]ccc23)Oc2ccc(F)c1c2. The van der Waals surface area contributed by atoms with Gasteiger partial charge in [-0.1, -0.05) is 38.5 Å². The van der Waals surface area contributed by atoms with Gasteiger partial charge in [0.2, 0.25) is 0 Å². The minimum atomic E-state index is -0.843. The molecule has 230 valence electrons. The fourth-order valence-corrected chi connectivity index (χ4v) is 7.00. The molecule has 5 rings (SSSR count). The Morgan fingerprint density at radius 1 is 1.07 bits per heavy atom. The quantitative estimate of drug-likeness (QED) is 0.197. The summed E-state index contributed by atoms with van der Waals surface area (Å²) in [7, 11) is 1.62. The van der Waals surface area contributed by atoms with Gasteiger partial charge >= 0.3 is 0 Å². The summed E-state index contributed by atoms with van der Waals surface area (Å²) >= 11 is 1.82. The number of hydrogen-bond donors (Lipinski definition) is 3. The molecule has 0 saturated heterocycles. The average Bonchev–Trinajstić information content (AvgIpc) is 3.47. The van der Waals surface area contributed by atoms with Gasteiger partial charge in [0.15, 0.2) is 11.6 Å². The molecule has 6 nitrogen and oxygen atoms in total. The van der Waals surface area contributed by atoms with Crippen LogP contribution in [0.4, 0.5) is 8.78 Å². The number of aromatic amines is 1. The Hall–Kier alpha value is -3.98. The van der Waals surface area contributed by atoms with Gasteiger partial charge in [0.25, 0.3) is 0 Å². The third-order valence-corrected chi connectivity index (χ3v) is 9.92. The minimum Gasteiger partial charge on any atom is -0.454 e. The van der Waals surface area contributed by atoms with Crippen LogP contribution in [0.5, 0.6) is 11.5 Å². The Bertz CT molecular complexity index is 1730. The van der Waals surface area contributed by atoms with Crippen molar-refractivity contribution in [3.63, 3.8) is 0 Å². The van der Waals surface area contributed by atoms with Crippen molar-refractivity contribution in [2.45, 2.75) is 51.9 Å². The van der Waals surface area contributed by atoms with Crippen LogP contribution in [0.25, 0.3) is 10.9 Å². The first kappa shape index (κ1) is 31.4. The van der Waals surface area contributed by atoms with E-state index < -0.39 is 17.0 Å². The van der Waals surface area contributed by atoms with E-state index in [1.54, 1.807) is 25.4 Å². The molecule has 1 aliphatic rings. The van der Waals surface area contributed by atoms with Gasteiger partial charge in [-0.25, -0.2) is 13.8 Å². The number of carbonyl (C=O) groups is 1. The van der Waals surface area contributed by atoms with Crippen molar-refractivity contribution in [1.29, 1.82) is 5.41 Å². The monoisotopic (exact) mass is 616 g/mol. The highest BCUT2D eigenvalue weighted by Crippen LogP contribution is 2.38. The first-order valence-corrected chi connectivity index (χ1v) is 16.0. The lowest BCUT2D eigenvalue weighted by Crippen LogP contribution is -2.34. The Kier molecular flexibility index (Phi) is 9.25. The van der Waals surface area contributed by atoms with Crippen LogP contribution in [0.2, 0.25) is 0 Å². The molecule has 0 saturated carbocycles. The summed E-state index contributed by atoms with van der Waals surface area (Å²) in [5, 5.41) is 13.1. The van der Waals surface area contributed by atoms with Crippen molar-refractivity contribution in [1.82, 2.24) is 10.3 Å². The van der Waals surface area contributed by atoms with Gasteiger partial charge in [-0.3, -0.25) is 10.2 Å². The molecule has 1 atom stereocenters. The van der Waals surface area contributed by atoms with Gasteiger partial charge in [-0.15, -0.1) is 0 Å². The largest absolute Gasteiger partial charge is 0.454 e. The number of nitrogens with zero attached hydrogens (tertiary/aromatic N) is 1. The number of hydrogen-bond acceptors (Lipinski definition) is 5. The topological polar surface area (TPSA) is 90.3 Å². The predicted octanol–water partition coefficient (Wildman–Crippen LogP) is 8.44. The van der Waals surface area contributed by atoms with E-state index in [0.717, 1.165) is 47.1 Å². The van der Waals surface area contributed by atoms with Crippen LogP contribution in [-0.4, -0.2) is 41.5 Å². The number of carbonyl (C=O) groups excluding carboxylic acids is 1. The lowest BCUT2D eigenvalue weighted by atomic mass is 9.75. The second-order valence-corrected chi connectivity index (χ2v) is 13.4. The van der Waals surface area contributed by atoms with E-state index in [-0.39, 0.29) is 34.1 Å². The molecule has 2 heterocycles. The summed E-state index contributed by atoms with van der Waals surface area (Å²) in [6.07, 6.45) is 5.52. The normalized spacial score (nSPS) is 20.9. The summed E-state index contributed by atoms with van der Waals surface area (Å²) in [4.78, 5) is 19.3. The number of fused-ring (bicyclic) bond motifs is 5. The number of ether oxygens (including phenoxy) is 1. The second kappa shape index (κ2) is 12.9. The summed E-state index contributed by atoms with van der Waals surface area (Å²) in [6, 6.07) is 14.8. The highest BCUT2D eigenvalue weighted by atomic mass is 32.2. The number of aryl methyl sites for hydroxylation is 1. The molecular weight excluding hydrogens is 578 g/mol. The zero-order chi connectivity index (χ0) is 31.5. The van der Waals surface area contributed by atoms with Crippen LogP contribution in [0, 0.1) is 22.5 Å². The molecular formula is C35H38F2N4O2S. The Morgan fingerprint density at radius 3 is 2.66 bits per heavy atom. The fourth-order valence-electron chi connectivity index (χ4n) is 5.81. The molecule has 0 spiro atoms. The van der Waals surface area contributed by atoms with Crippen LogP contribution in [0.3, 0.4) is 0 Å². The van der Waals surface area contributed by atoms with Gasteiger partial charge in [0, 0.05) is 41.3 Å². The molecule has 1 unspecified atom stereocenters. The summed E-state index contributed by atoms with van der Waals surface area (Å²) < 4.78 is 37.0. The van der Waals surface area contributed by atoms with Crippen molar-refractivity contribution in [2.75, 3.05) is 18.6 Å². The van der Waals surface area contributed by atoms with Crippen LogP contribution >= 0.6 is 11.8 Å². The molecule has 0 amide bonds. The van der Waals surface area contributed by atoms with E-state index in [9.17, 15) is 10.2 Å². The summed E-state index contributed by atoms with van der Waals surface area (Å²) in [5.74, 6) is 1.18. The second-order valence-electron chi connectivity index (χ2n) is 12.3. The molecule has 0 fully saturated rings. The molecule has 9 heteroatoms. The van der Waals surface area contributed by atoms with Crippen molar-refractivity contribution >= 4 is 40.6 Å². The zero-order valence-electron chi connectivity index (χ0n) is 25.5. The Morgan fingerprint density at radius 2 is 1.89 bits per heavy atom. The maximum absolute atomic E-state index is 15.5. The maximum Gasteiger partial charge on any atom is 0.168 e. The Labute approximate surface area is 261 Å². The number of benzene rings is 3.